The van der Waals surface area contributed by atoms with Gasteiger partial charge in [0.15, 0.2) is 0 Å². The predicted molar refractivity (Wildman–Crippen MR) is 57.7 cm³/mol. The van der Waals surface area contributed by atoms with Crippen LogP contribution in [-0.4, -0.2) is 22.3 Å². The molecule has 0 bridgehead atoms. The van der Waals surface area contributed by atoms with E-state index in [4.69, 9.17) is 5.02 Å². The Hall–Kier alpha value is -1.29. The van der Waals surface area contributed by atoms with Gasteiger partial charge in [-0.05, 0) is 24.1 Å². The Kier molecular flexibility index (Phi) is 2.29. The van der Waals surface area contributed by atoms with Gasteiger partial charge in [-0.15, -0.1) is 0 Å². The fraction of sp³-hybridized carbons (Fsp3) is 0.300. The monoisotopic (exact) mass is 187 g/mol. The zero-order valence-corrected chi connectivity index (χ0v) is 8.36. The molecule has 0 aliphatic carbocycles. The molecule has 1 aromatic heterocycles. The molecule has 0 saturated heterocycles. The maximum Gasteiger partial charge on any atom is 0.351 e. The summed E-state index contributed by atoms with van der Waals surface area (Å²) in [5, 5.41) is 14.2. The maximum atomic E-state index is 9.01. The molecule has 71 valence electrons. The second-order valence-electron chi connectivity index (χ2n) is 3.34. The van der Waals surface area contributed by atoms with Crippen LogP contribution in [0.3, 0.4) is 0 Å². The van der Waals surface area contributed by atoms with Crippen molar-refractivity contribution >= 4 is 24.0 Å². The lowest BCUT2D eigenvalue weighted by Gasteiger charge is -1.97. The van der Waals surface area contributed by atoms with Gasteiger partial charge >= 0.3 is 7.48 Å². The summed E-state index contributed by atoms with van der Waals surface area (Å²) in [6, 6.07) is 6.20. The van der Waals surface area contributed by atoms with E-state index < -0.39 is 0 Å². The van der Waals surface area contributed by atoms with Crippen LogP contribution in [0.25, 0.3) is 10.9 Å². The Labute approximate surface area is 83.6 Å². The van der Waals surface area contributed by atoms with Crippen LogP contribution in [0.4, 0.5) is 0 Å². The van der Waals surface area contributed by atoms with Crippen LogP contribution in [0.2, 0.25) is 0 Å². The van der Waals surface area contributed by atoms with Gasteiger partial charge in [0.2, 0.25) is 0 Å². The van der Waals surface area contributed by atoms with Crippen molar-refractivity contribution in [3.05, 3.63) is 23.8 Å². The minimum absolute atomic E-state index is 0.637. The SMILES string of the molecule is CCc1ccc2c(c1)c([B]O)nn2C. The number of nitrogens with zero attached hydrogens (tertiary/aromatic N) is 2. The highest BCUT2D eigenvalue weighted by atomic mass is 16.2. The summed E-state index contributed by atoms with van der Waals surface area (Å²) >= 11 is 0. The quantitative estimate of drug-likeness (QED) is 0.689. The second kappa shape index (κ2) is 3.46. The third-order valence-corrected chi connectivity index (χ3v) is 2.47. The molecule has 1 N–H and O–H groups in total. The number of hydrogen-bond acceptors (Lipinski definition) is 2. The molecule has 0 atom stereocenters. The van der Waals surface area contributed by atoms with Crippen molar-refractivity contribution < 1.29 is 5.02 Å². The first kappa shape index (κ1) is 9.28. The molecule has 1 radical (unpaired) electrons. The lowest BCUT2D eigenvalue weighted by atomic mass is 9.92. The molecule has 1 aromatic carbocycles. The van der Waals surface area contributed by atoms with Crippen molar-refractivity contribution in [2.24, 2.45) is 7.05 Å². The Morgan fingerprint density at radius 1 is 1.50 bits per heavy atom. The molecule has 0 spiro atoms. The van der Waals surface area contributed by atoms with Crippen molar-refractivity contribution in [1.82, 2.24) is 9.78 Å². The van der Waals surface area contributed by atoms with Gasteiger partial charge in [-0.25, -0.2) is 0 Å². The summed E-state index contributed by atoms with van der Waals surface area (Å²) in [6.45, 7) is 2.11. The highest BCUT2D eigenvalue weighted by Gasteiger charge is 2.08. The van der Waals surface area contributed by atoms with Crippen molar-refractivity contribution in [2.45, 2.75) is 13.3 Å². The van der Waals surface area contributed by atoms with Crippen molar-refractivity contribution in [3.8, 4) is 0 Å². The van der Waals surface area contributed by atoms with Gasteiger partial charge in [-0.3, -0.25) is 4.68 Å². The molecule has 2 rings (SSSR count). The van der Waals surface area contributed by atoms with Gasteiger partial charge < -0.3 is 5.02 Å². The van der Waals surface area contributed by atoms with Gasteiger partial charge in [-0.1, -0.05) is 13.0 Å². The van der Waals surface area contributed by atoms with Crippen molar-refractivity contribution in [3.63, 3.8) is 0 Å². The van der Waals surface area contributed by atoms with Gasteiger partial charge in [-0.2, -0.15) is 5.10 Å². The summed E-state index contributed by atoms with van der Waals surface area (Å²) in [4.78, 5) is 0. The first-order valence-corrected chi connectivity index (χ1v) is 4.69. The van der Waals surface area contributed by atoms with E-state index in [1.54, 1.807) is 4.68 Å². The van der Waals surface area contributed by atoms with E-state index in [2.05, 4.69) is 24.2 Å². The highest BCUT2D eigenvalue weighted by molar-refractivity contribution is 6.48. The van der Waals surface area contributed by atoms with Crippen LogP contribution in [-0.2, 0) is 13.5 Å². The Balaban J connectivity index is 2.71. The molecule has 0 fully saturated rings. The Morgan fingerprint density at radius 3 is 2.93 bits per heavy atom. The normalized spacial score (nSPS) is 10.8. The Bertz CT molecular complexity index is 464. The number of benzene rings is 1. The topological polar surface area (TPSA) is 38.1 Å². The van der Waals surface area contributed by atoms with Crippen LogP contribution in [0.5, 0.6) is 0 Å². The number of hydrogen-bond donors (Lipinski definition) is 1. The van der Waals surface area contributed by atoms with Gasteiger partial charge in [0.1, 0.15) is 0 Å². The highest BCUT2D eigenvalue weighted by Crippen LogP contribution is 2.13. The fourth-order valence-corrected chi connectivity index (χ4v) is 1.66. The number of fused-ring (bicyclic) bond motifs is 1. The molecule has 0 saturated carbocycles. The van der Waals surface area contributed by atoms with Crippen LogP contribution < -0.4 is 5.59 Å². The van der Waals surface area contributed by atoms with E-state index in [-0.39, 0.29) is 0 Å². The summed E-state index contributed by atoms with van der Waals surface area (Å²) in [7, 11) is 2.93. The van der Waals surface area contributed by atoms with E-state index in [0.29, 0.717) is 5.59 Å². The molecule has 0 aliphatic heterocycles. The molecule has 4 heteroatoms. The average molecular weight is 187 g/mol. The summed E-state index contributed by atoms with van der Waals surface area (Å²) in [5.74, 6) is 0. The Morgan fingerprint density at radius 2 is 2.29 bits per heavy atom. The predicted octanol–water partition coefficient (Wildman–Crippen LogP) is 0.372. The third-order valence-electron chi connectivity index (χ3n) is 2.47. The van der Waals surface area contributed by atoms with Crippen molar-refractivity contribution in [2.75, 3.05) is 0 Å². The first-order chi connectivity index (χ1) is 6.76. The van der Waals surface area contributed by atoms with E-state index in [9.17, 15) is 0 Å². The van der Waals surface area contributed by atoms with Gasteiger partial charge in [0.05, 0.1) is 11.1 Å². The lowest BCUT2D eigenvalue weighted by molar-refractivity contribution is 0.613. The van der Waals surface area contributed by atoms with E-state index >= 15 is 0 Å². The minimum Gasteiger partial charge on any atom is -0.449 e. The summed E-state index contributed by atoms with van der Waals surface area (Å²) < 4.78 is 1.77. The fourth-order valence-electron chi connectivity index (χ4n) is 1.66. The van der Waals surface area contributed by atoms with Crippen LogP contribution in [0.1, 0.15) is 12.5 Å². The third kappa shape index (κ3) is 1.32. The van der Waals surface area contributed by atoms with Crippen LogP contribution in [0, 0.1) is 0 Å². The van der Waals surface area contributed by atoms with Crippen molar-refractivity contribution in [1.29, 1.82) is 0 Å². The van der Waals surface area contributed by atoms with Crippen LogP contribution >= 0.6 is 0 Å². The molecule has 0 amide bonds. The molecule has 2 aromatic rings. The minimum atomic E-state index is 0.637. The molecule has 1 heterocycles. The first-order valence-electron chi connectivity index (χ1n) is 4.69. The molecular formula is C10H12BN2O. The average Bonchev–Trinajstić information content (AvgIpc) is 2.55. The second-order valence-corrected chi connectivity index (χ2v) is 3.34. The van der Waals surface area contributed by atoms with Gasteiger partial charge in [0.25, 0.3) is 0 Å². The lowest BCUT2D eigenvalue weighted by Crippen LogP contribution is -2.16. The molecule has 0 unspecified atom stereocenters. The molecular weight excluding hydrogens is 175 g/mol. The number of aryl methyl sites for hydroxylation is 2. The molecule has 14 heavy (non-hydrogen) atoms. The standard InChI is InChI=1S/C10H12BN2O/c1-3-7-4-5-9-8(6-7)10(11-14)12-13(9)2/h4-6,14H,3H2,1-2H3. The van der Waals surface area contributed by atoms with Crippen LogP contribution in [0.15, 0.2) is 18.2 Å². The van der Waals surface area contributed by atoms with E-state index in [0.717, 1.165) is 24.8 Å². The van der Waals surface area contributed by atoms with Gasteiger partial charge in [0, 0.05) is 12.4 Å². The molecule has 3 nitrogen and oxygen atoms in total. The molecule has 0 aliphatic rings. The number of aromatic nitrogens is 2. The van der Waals surface area contributed by atoms with E-state index in [1.165, 1.54) is 5.56 Å². The smallest absolute Gasteiger partial charge is 0.351 e. The zero-order valence-electron chi connectivity index (χ0n) is 8.36. The van der Waals surface area contributed by atoms with E-state index in [1.807, 2.05) is 13.1 Å². The number of rotatable bonds is 2. The summed E-state index contributed by atoms with van der Waals surface area (Å²) in [6.07, 6.45) is 0.996. The maximum absolute atomic E-state index is 9.01. The zero-order chi connectivity index (χ0) is 10.1. The summed E-state index contributed by atoms with van der Waals surface area (Å²) in [5.41, 5.74) is 2.94. The largest absolute Gasteiger partial charge is 0.449 e.